The van der Waals surface area contributed by atoms with E-state index in [1.54, 1.807) is 43.1 Å². The Bertz CT molecular complexity index is 1720. The third-order valence-corrected chi connectivity index (χ3v) is 6.66. The minimum atomic E-state index is -0.260. The number of hydrogen-bond donors (Lipinski definition) is 2. The van der Waals surface area contributed by atoms with Crippen molar-refractivity contribution in [3.05, 3.63) is 78.8 Å². The minimum absolute atomic E-state index is 0.260. The van der Waals surface area contributed by atoms with Crippen LogP contribution < -0.4 is 0 Å². The summed E-state index contributed by atoms with van der Waals surface area (Å²) in [5.74, 6) is 0.355. The van der Waals surface area contributed by atoms with Gasteiger partial charge in [-0.1, -0.05) is 6.07 Å². The van der Waals surface area contributed by atoms with Crippen LogP contribution in [0.25, 0.3) is 55.8 Å². The van der Waals surface area contributed by atoms with Crippen LogP contribution in [0.3, 0.4) is 0 Å². The van der Waals surface area contributed by atoms with Gasteiger partial charge in [-0.15, -0.1) is 0 Å². The van der Waals surface area contributed by atoms with Gasteiger partial charge in [-0.2, -0.15) is 5.10 Å². The van der Waals surface area contributed by atoms with Gasteiger partial charge in [0, 0.05) is 48.0 Å². The number of nitrogens with one attached hydrogen (secondary N) is 2. The number of nitrogens with zero attached hydrogens (tertiary/aromatic N) is 6. The van der Waals surface area contributed by atoms with Gasteiger partial charge in [-0.25, -0.2) is 14.4 Å². The Balaban J connectivity index is 1.32. The van der Waals surface area contributed by atoms with Crippen LogP contribution >= 0.6 is 0 Å². The van der Waals surface area contributed by atoms with Gasteiger partial charge < -0.3 is 4.98 Å². The molecule has 6 heterocycles. The van der Waals surface area contributed by atoms with E-state index in [9.17, 15) is 4.39 Å². The molecule has 1 aromatic carbocycles. The monoisotopic (exact) mass is 476 g/mol. The van der Waals surface area contributed by atoms with Gasteiger partial charge in [0.2, 0.25) is 0 Å². The number of imidazole rings is 1. The predicted molar refractivity (Wildman–Crippen MR) is 135 cm³/mol. The second kappa shape index (κ2) is 8.31. The summed E-state index contributed by atoms with van der Waals surface area (Å²) < 4.78 is 14.6. The van der Waals surface area contributed by atoms with E-state index in [1.165, 1.54) is 6.42 Å². The summed E-state index contributed by atoms with van der Waals surface area (Å²) in [6.07, 6.45) is 9.99. The first kappa shape index (κ1) is 20.8. The summed E-state index contributed by atoms with van der Waals surface area (Å²) in [7, 11) is 0. The molecule has 1 aliphatic rings. The van der Waals surface area contributed by atoms with E-state index < -0.39 is 0 Å². The van der Waals surface area contributed by atoms with Crippen molar-refractivity contribution in [1.29, 1.82) is 0 Å². The van der Waals surface area contributed by atoms with E-state index in [2.05, 4.69) is 35.0 Å². The number of H-pyrrole nitrogens is 2. The standard InChI is InChI=1S/C27H21FN8/c28-20-8-16(15-36-5-2-6-36)7-18(9-20)22-13-30-14-23-24(22)33-27(32-23)25-21-10-19(12-31-26(21)35-34-25)17-3-1-4-29-11-17/h1,3-4,7-14H,2,5-6,15H2,(H,32,33)(H,31,34,35). The minimum Gasteiger partial charge on any atom is -0.335 e. The van der Waals surface area contributed by atoms with Crippen LogP contribution in [0.4, 0.5) is 4.39 Å². The summed E-state index contributed by atoms with van der Waals surface area (Å²) in [4.78, 5) is 23.7. The molecule has 5 aromatic heterocycles. The zero-order valence-corrected chi connectivity index (χ0v) is 19.2. The molecule has 2 N–H and O–H groups in total. The zero-order chi connectivity index (χ0) is 24.1. The molecule has 1 fully saturated rings. The quantitative estimate of drug-likeness (QED) is 0.365. The van der Waals surface area contributed by atoms with Crippen LogP contribution in [0.2, 0.25) is 0 Å². The lowest BCUT2D eigenvalue weighted by atomic mass is 10.0. The molecular weight excluding hydrogens is 455 g/mol. The summed E-state index contributed by atoms with van der Waals surface area (Å²) in [6.45, 7) is 2.86. The van der Waals surface area contributed by atoms with Crippen molar-refractivity contribution in [3.63, 3.8) is 0 Å². The van der Waals surface area contributed by atoms with E-state index in [0.717, 1.165) is 69.6 Å². The van der Waals surface area contributed by atoms with E-state index in [1.807, 2.05) is 24.3 Å². The molecule has 0 unspecified atom stereocenters. The molecule has 0 spiro atoms. The second-order valence-corrected chi connectivity index (χ2v) is 9.08. The molecule has 0 bridgehead atoms. The van der Waals surface area contributed by atoms with Crippen LogP contribution in [0, 0.1) is 5.82 Å². The SMILES string of the molecule is Fc1cc(CN2CCC2)cc(-c2cncc3[nH]c(-c4[nH]nc5ncc(-c6cccnc6)cc45)nc23)c1. The number of rotatable bonds is 5. The van der Waals surface area contributed by atoms with E-state index in [-0.39, 0.29) is 5.82 Å². The number of hydrogen-bond acceptors (Lipinski definition) is 6. The number of fused-ring (bicyclic) bond motifs is 2. The predicted octanol–water partition coefficient (Wildman–Crippen LogP) is 4.97. The molecule has 1 aliphatic heterocycles. The molecule has 36 heavy (non-hydrogen) atoms. The lowest BCUT2D eigenvalue weighted by Crippen LogP contribution is -2.36. The summed E-state index contributed by atoms with van der Waals surface area (Å²) >= 11 is 0. The zero-order valence-electron chi connectivity index (χ0n) is 19.2. The van der Waals surface area contributed by atoms with Crippen molar-refractivity contribution in [2.45, 2.75) is 13.0 Å². The summed E-state index contributed by atoms with van der Waals surface area (Å²) in [6, 6.07) is 11.1. The first-order valence-electron chi connectivity index (χ1n) is 11.8. The highest BCUT2D eigenvalue weighted by Crippen LogP contribution is 2.33. The molecule has 0 atom stereocenters. The highest BCUT2D eigenvalue weighted by Gasteiger charge is 2.18. The molecule has 0 amide bonds. The topological polar surface area (TPSA) is 99.3 Å². The highest BCUT2D eigenvalue weighted by atomic mass is 19.1. The van der Waals surface area contributed by atoms with Gasteiger partial charge in [0.15, 0.2) is 11.5 Å². The number of likely N-dealkylation sites (tertiary alicyclic amines) is 1. The molecule has 7 rings (SSSR count). The third-order valence-electron chi connectivity index (χ3n) is 6.66. The summed E-state index contributed by atoms with van der Waals surface area (Å²) in [5, 5.41) is 8.28. The normalized spacial score (nSPS) is 13.9. The average Bonchev–Trinajstić information content (AvgIpc) is 3.50. The van der Waals surface area contributed by atoms with Crippen molar-refractivity contribution in [3.8, 4) is 33.8 Å². The van der Waals surface area contributed by atoms with Crippen molar-refractivity contribution in [2.75, 3.05) is 13.1 Å². The van der Waals surface area contributed by atoms with Crippen LogP contribution in [-0.4, -0.2) is 53.1 Å². The Hall–Kier alpha value is -4.50. The van der Waals surface area contributed by atoms with Crippen LogP contribution in [0.15, 0.2) is 67.4 Å². The molecule has 9 heteroatoms. The third kappa shape index (κ3) is 3.61. The molecule has 8 nitrogen and oxygen atoms in total. The lowest BCUT2D eigenvalue weighted by Gasteiger charge is -2.30. The number of pyridine rings is 3. The Labute approximate surface area is 205 Å². The maximum absolute atomic E-state index is 14.6. The first-order chi connectivity index (χ1) is 17.7. The number of halogens is 1. The fourth-order valence-electron chi connectivity index (χ4n) is 4.73. The van der Waals surface area contributed by atoms with Gasteiger partial charge in [0.1, 0.15) is 11.5 Å². The fourth-order valence-corrected chi connectivity index (χ4v) is 4.73. The molecular formula is C27H21FN8. The van der Waals surface area contributed by atoms with Crippen molar-refractivity contribution in [2.24, 2.45) is 0 Å². The van der Waals surface area contributed by atoms with Crippen LogP contribution in [-0.2, 0) is 6.54 Å². The van der Waals surface area contributed by atoms with Gasteiger partial charge in [-0.3, -0.25) is 20.0 Å². The van der Waals surface area contributed by atoms with Crippen LogP contribution in [0.1, 0.15) is 12.0 Å². The van der Waals surface area contributed by atoms with Crippen molar-refractivity contribution < 1.29 is 4.39 Å². The van der Waals surface area contributed by atoms with E-state index >= 15 is 0 Å². The van der Waals surface area contributed by atoms with Crippen LogP contribution in [0.5, 0.6) is 0 Å². The smallest absolute Gasteiger partial charge is 0.181 e. The Morgan fingerprint density at radius 1 is 0.944 bits per heavy atom. The molecule has 6 aromatic rings. The summed E-state index contributed by atoms with van der Waals surface area (Å²) in [5.41, 5.74) is 7.19. The van der Waals surface area contributed by atoms with Crippen molar-refractivity contribution >= 4 is 22.1 Å². The molecule has 0 radical (unpaired) electrons. The fraction of sp³-hybridized carbons (Fsp3) is 0.148. The van der Waals surface area contributed by atoms with Gasteiger partial charge >= 0.3 is 0 Å². The molecule has 0 saturated carbocycles. The maximum atomic E-state index is 14.6. The second-order valence-electron chi connectivity index (χ2n) is 9.08. The largest absolute Gasteiger partial charge is 0.335 e. The van der Waals surface area contributed by atoms with Gasteiger partial charge in [0.05, 0.1) is 22.6 Å². The molecule has 1 saturated heterocycles. The van der Waals surface area contributed by atoms with Crippen molar-refractivity contribution in [1.82, 2.24) is 40.0 Å². The lowest BCUT2D eigenvalue weighted by molar-refractivity contribution is 0.172. The Morgan fingerprint density at radius 2 is 1.89 bits per heavy atom. The van der Waals surface area contributed by atoms with E-state index in [0.29, 0.717) is 11.5 Å². The number of benzene rings is 1. The highest BCUT2D eigenvalue weighted by molar-refractivity contribution is 5.96. The number of aromatic nitrogens is 7. The van der Waals surface area contributed by atoms with E-state index in [4.69, 9.17) is 4.98 Å². The van der Waals surface area contributed by atoms with Gasteiger partial charge in [-0.05, 0) is 61.0 Å². The Morgan fingerprint density at radius 3 is 2.72 bits per heavy atom. The molecule has 176 valence electrons. The number of aromatic amines is 2. The Kier molecular flexibility index (Phi) is 4.81. The maximum Gasteiger partial charge on any atom is 0.181 e. The average molecular weight is 477 g/mol. The van der Waals surface area contributed by atoms with Gasteiger partial charge in [0.25, 0.3) is 0 Å². The first-order valence-corrected chi connectivity index (χ1v) is 11.8. The molecule has 0 aliphatic carbocycles.